The zero-order valence-corrected chi connectivity index (χ0v) is 9.62. The maximum Gasteiger partial charge on any atom is 0.390 e. The van der Waals surface area contributed by atoms with E-state index >= 15 is 0 Å². The van der Waals surface area contributed by atoms with Gasteiger partial charge in [-0.1, -0.05) is 13.8 Å². The zero-order valence-electron chi connectivity index (χ0n) is 8.80. The molecule has 0 aromatic heterocycles. The minimum absolute atomic E-state index is 0. The highest BCUT2D eigenvalue weighted by Crippen LogP contribution is 2.22. The first kappa shape index (κ1) is 17.1. The highest BCUT2D eigenvalue weighted by Gasteiger charge is 2.30. The fourth-order valence-electron chi connectivity index (χ4n) is 1.20. The predicted molar refractivity (Wildman–Crippen MR) is 55.0 cm³/mol. The van der Waals surface area contributed by atoms with Gasteiger partial charge in [0.1, 0.15) is 5.78 Å². The van der Waals surface area contributed by atoms with Crippen molar-refractivity contribution in [1.29, 1.82) is 0 Å². The molecule has 0 aliphatic heterocycles. The molecular formula is C9H17ClF3NO. The summed E-state index contributed by atoms with van der Waals surface area (Å²) in [7, 11) is 0. The molecule has 92 valence electrons. The van der Waals surface area contributed by atoms with Gasteiger partial charge in [-0.2, -0.15) is 13.2 Å². The van der Waals surface area contributed by atoms with Crippen LogP contribution in [0.1, 0.15) is 33.1 Å². The van der Waals surface area contributed by atoms with Gasteiger partial charge < -0.3 is 5.73 Å². The van der Waals surface area contributed by atoms with Crippen molar-refractivity contribution < 1.29 is 18.0 Å². The Bertz CT molecular complexity index is 194. The van der Waals surface area contributed by atoms with E-state index in [1.54, 1.807) is 0 Å². The lowest BCUT2D eigenvalue weighted by Gasteiger charge is -2.13. The monoisotopic (exact) mass is 247 g/mol. The van der Waals surface area contributed by atoms with E-state index in [4.69, 9.17) is 5.73 Å². The summed E-state index contributed by atoms with van der Waals surface area (Å²) in [6, 6.07) is -1.10. The van der Waals surface area contributed by atoms with E-state index in [0.29, 0.717) is 6.42 Å². The molecule has 0 fully saturated rings. The molecule has 0 aliphatic carbocycles. The lowest BCUT2D eigenvalue weighted by atomic mass is 10.0. The van der Waals surface area contributed by atoms with Crippen molar-refractivity contribution >= 4 is 18.2 Å². The van der Waals surface area contributed by atoms with Gasteiger partial charge in [0.15, 0.2) is 0 Å². The number of Topliss-reactive ketones (excluding diaryl/α,β-unsaturated/α-hetero) is 1. The molecule has 0 saturated carbocycles. The van der Waals surface area contributed by atoms with E-state index in [9.17, 15) is 18.0 Å². The summed E-state index contributed by atoms with van der Waals surface area (Å²) < 4.78 is 35.5. The summed E-state index contributed by atoms with van der Waals surface area (Å²) in [6.45, 7) is 3.68. The molecule has 2 N–H and O–H groups in total. The molecule has 0 radical (unpaired) electrons. The van der Waals surface area contributed by atoms with Gasteiger partial charge in [0.2, 0.25) is 0 Å². The number of hydrogen-bond acceptors (Lipinski definition) is 2. The van der Waals surface area contributed by atoms with Gasteiger partial charge in [-0.15, -0.1) is 12.4 Å². The number of hydrogen-bond donors (Lipinski definition) is 1. The van der Waals surface area contributed by atoms with Crippen LogP contribution in [0.2, 0.25) is 0 Å². The lowest BCUT2D eigenvalue weighted by molar-refractivity contribution is -0.139. The van der Waals surface area contributed by atoms with Crippen molar-refractivity contribution in [2.75, 3.05) is 0 Å². The van der Waals surface area contributed by atoms with Crippen molar-refractivity contribution in [1.82, 2.24) is 0 Å². The third-order valence-corrected chi connectivity index (χ3v) is 1.62. The third-order valence-electron chi connectivity index (χ3n) is 1.62. The van der Waals surface area contributed by atoms with Crippen molar-refractivity contribution in [3.8, 4) is 0 Å². The third kappa shape index (κ3) is 11.6. The molecule has 0 saturated heterocycles. The van der Waals surface area contributed by atoms with Gasteiger partial charge in [0.05, 0.1) is 6.42 Å². The highest BCUT2D eigenvalue weighted by molar-refractivity contribution is 5.85. The first-order chi connectivity index (χ1) is 6.20. The molecule has 0 spiro atoms. The summed E-state index contributed by atoms with van der Waals surface area (Å²) in [5.41, 5.74) is 5.20. The summed E-state index contributed by atoms with van der Waals surface area (Å²) >= 11 is 0. The van der Waals surface area contributed by atoms with E-state index in [2.05, 4.69) is 0 Å². The van der Waals surface area contributed by atoms with Crippen LogP contribution in [0.25, 0.3) is 0 Å². The molecule has 0 aliphatic rings. The molecule has 0 amide bonds. The van der Waals surface area contributed by atoms with Gasteiger partial charge in [0, 0.05) is 18.9 Å². The summed E-state index contributed by atoms with van der Waals surface area (Å²) in [4.78, 5) is 11.1. The Hall–Kier alpha value is -0.290. The normalized spacial score (nSPS) is 13.5. The van der Waals surface area contributed by atoms with E-state index in [1.165, 1.54) is 0 Å². The van der Waals surface area contributed by atoms with Crippen LogP contribution in [0.15, 0.2) is 0 Å². The molecule has 0 heterocycles. The van der Waals surface area contributed by atoms with Crippen LogP contribution in [0, 0.1) is 5.92 Å². The van der Waals surface area contributed by atoms with Crippen molar-refractivity contribution in [2.45, 2.75) is 45.3 Å². The van der Waals surface area contributed by atoms with Gasteiger partial charge >= 0.3 is 6.18 Å². The Morgan fingerprint density at radius 3 is 2.07 bits per heavy atom. The zero-order chi connectivity index (χ0) is 11.4. The van der Waals surface area contributed by atoms with Crippen LogP contribution in [-0.4, -0.2) is 18.0 Å². The molecule has 6 heteroatoms. The minimum Gasteiger partial charge on any atom is -0.327 e. The highest BCUT2D eigenvalue weighted by atomic mass is 35.5. The number of nitrogens with two attached hydrogens (primary N) is 1. The molecular weight excluding hydrogens is 231 g/mol. The number of halogens is 4. The van der Waals surface area contributed by atoms with Crippen LogP contribution < -0.4 is 5.73 Å². The maximum absolute atomic E-state index is 11.8. The molecule has 1 unspecified atom stereocenters. The van der Waals surface area contributed by atoms with Gasteiger partial charge in [-0.05, 0) is 5.92 Å². The van der Waals surface area contributed by atoms with Crippen LogP contribution in [-0.2, 0) is 4.79 Å². The SMILES string of the molecule is CC(C)CC(=O)CC(N)CC(F)(F)F.Cl. The molecule has 0 rings (SSSR count). The van der Waals surface area contributed by atoms with Crippen molar-refractivity contribution in [2.24, 2.45) is 11.7 Å². The smallest absolute Gasteiger partial charge is 0.327 e. The topological polar surface area (TPSA) is 43.1 Å². The van der Waals surface area contributed by atoms with E-state index in [0.717, 1.165) is 0 Å². The average Bonchev–Trinajstić information content (AvgIpc) is 1.77. The Morgan fingerprint density at radius 1 is 1.27 bits per heavy atom. The molecule has 0 aromatic carbocycles. The second-order valence-electron chi connectivity index (χ2n) is 3.92. The standard InChI is InChI=1S/C9H16F3NO.ClH/c1-6(2)3-8(14)4-7(13)5-9(10,11)12;/h6-7H,3-5,13H2,1-2H3;1H. The predicted octanol–water partition coefficient (Wildman–Crippen LogP) is 2.69. The number of carbonyl (C=O) groups is 1. The molecule has 2 nitrogen and oxygen atoms in total. The second-order valence-corrected chi connectivity index (χ2v) is 3.92. The van der Waals surface area contributed by atoms with Crippen LogP contribution in [0.4, 0.5) is 13.2 Å². The number of rotatable bonds is 5. The lowest BCUT2D eigenvalue weighted by Crippen LogP contribution is -2.30. The number of carbonyl (C=O) groups excluding carboxylic acids is 1. The van der Waals surface area contributed by atoms with Crippen molar-refractivity contribution in [3.05, 3.63) is 0 Å². The summed E-state index contributed by atoms with van der Waals surface area (Å²) in [5.74, 6) is -0.0302. The number of ketones is 1. The van der Waals surface area contributed by atoms with Gasteiger partial charge in [-0.3, -0.25) is 4.79 Å². The molecule has 15 heavy (non-hydrogen) atoms. The van der Waals surface area contributed by atoms with Gasteiger partial charge in [-0.25, -0.2) is 0 Å². The summed E-state index contributed by atoms with van der Waals surface area (Å²) in [5, 5.41) is 0. The first-order valence-corrected chi connectivity index (χ1v) is 4.54. The molecule has 0 aromatic rings. The Labute approximate surface area is 93.8 Å². The summed E-state index contributed by atoms with van der Waals surface area (Å²) in [6.07, 6.45) is -5.25. The van der Waals surface area contributed by atoms with Crippen LogP contribution in [0.5, 0.6) is 0 Å². The fraction of sp³-hybridized carbons (Fsp3) is 0.889. The molecule has 1 atom stereocenters. The van der Waals surface area contributed by atoms with E-state index in [-0.39, 0.29) is 30.5 Å². The second kappa shape index (κ2) is 7.06. The Morgan fingerprint density at radius 2 is 1.73 bits per heavy atom. The van der Waals surface area contributed by atoms with E-state index in [1.807, 2.05) is 13.8 Å². The first-order valence-electron chi connectivity index (χ1n) is 4.54. The van der Waals surface area contributed by atoms with Crippen LogP contribution in [0.3, 0.4) is 0 Å². The fourth-order valence-corrected chi connectivity index (χ4v) is 1.20. The van der Waals surface area contributed by atoms with Gasteiger partial charge in [0.25, 0.3) is 0 Å². The quantitative estimate of drug-likeness (QED) is 0.812. The Kier molecular flexibility index (Phi) is 8.06. The molecule has 0 bridgehead atoms. The average molecular weight is 248 g/mol. The maximum atomic E-state index is 11.8. The van der Waals surface area contributed by atoms with E-state index < -0.39 is 18.6 Å². The van der Waals surface area contributed by atoms with Crippen molar-refractivity contribution in [3.63, 3.8) is 0 Å². The minimum atomic E-state index is -4.28. The van der Waals surface area contributed by atoms with Crippen LogP contribution >= 0.6 is 12.4 Å². The number of alkyl halides is 3. The Balaban J connectivity index is 0. The largest absolute Gasteiger partial charge is 0.390 e.